The molecule has 1 N–H and O–H groups in total. The number of nitrogens with one attached hydrogen (secondary N) is 1. The van der Waals surface area contributed by atoms with Crippen LogP contribution in [0.1, 0.15) is 16.2 Å². The number of carbonyl (C=O) groups excluding carboxylic acids is 2. The molecule has 1 amide bonds. The summed E-state index contributed by atoms with van der Waals surface area (Å²) < 4.78 is 4.97. The zero-order valence-corrected chi connectivity index (χ0v) is 14.4. The lowest BCUT2D eigenvalue weighted by atomic mass is 10.4. The van der Waals surface area contributed by atoms with E-state index in [-0.39, 0.29) is 12.3 Å². The first-order valence-electron chi connectivity index (χ1n) is 6.50. The first kappa shape index (κ1) is 15.8. The Hall–Kier alpha value is -2.10. The van der Waals surface area contributed by atoms with E-state index in [1.165, 1.54) is 22.7 Å². The van der Waals surface area contributed by atoms with Crippen molar-refractivity contribution in [2.45, 2.75) is 6.92 Å². The number of ether oxygens (including phenoxy) is 1. The van der Waals surface area contributed by atoms with Crippen LogP contribution in [0.5, 0.6) is 0 Å². The molecule has 9 heteroatoms. The third-order valence-corrected chi connectivity index (χ3v) is 5.40. The first-order valence-corrected chi connectivity index (χ1v) is 9.14. The average molecular weight is 365 g/mol. The van der Waals surface area contributed by atoms with Gasteiger partial charge in [-0.15, -0.1) is 34.0 Å². The highest BCUT2D eigenvalue weighted by Crippen LogP contribution is 2.27. The molecule has 0 unspecified atom stereocenters. The molecule has 0 aliphatic heterocycles. The van der Waals surface area contributed by atoms with Crippen LogP contribution in [-0.2, 0) is 9.53 Å². The van der Waals surface area contributed by atoms with Crippen molar-refractivity contribution < 1.29 is 14.3 Å². The third-order valence-electron chi connectivity index (χ3n) is 2.65. The molecule has 0 aliphatic rings. The summed E-state index contributed by atoms with van der Waals surface area (Å²) in [6, 6.07) is 3.85. The topological polar surface area (TPSA) is 81.2 Å². The molecule has 23 heavy (non-hydrogen) atoms. The van der Waals surface area contributed by atoms with Crippen LogP contribution in [0, 0.1) is 6.92 Å². The standard InChI is InChI=1S/C14H11N3O3S3/c1-8-6-23-14(15-8)17-11(18)5-20-13(19)9-7-22-12(16-9)10-3-2-4-21-10/h2-4,6-7H,5H2,1H3,(H,15,17,18). The lowest BCUT2D eigenvalue weighted by Crippen LogP contribution is -2.21. The van der Waals surface area contributed by atoms with Gasteiger partial charge in [0.1, 0.15) is 5.01 Å². The Balaban J connectivity index is 1.54. The predicted octanol–water partition coefficient (Wildman–Crippen LogP) is 3.43. The van der Waals surface area contributed by atoms with E-state index in [4.69, 9.17) is 4.74 Å². The van der Waals surface area contributed by atoms with E-state index in [1.54, 1.807) is 16.7 Å². The highest BCUT2D eigenvalue weighted by atomic mass is 32.1. The Morgan fingerprint density at radius 1 is 1.22 bits per heavy atom. The van der Waals surface area contributed by atoms with Gasteiger partial charge in [-0.3, -0.25) is 10.1 Å². The maximum Gasteiger partial charge on any atom is 0.358 e. The van der Waals surface area contributed by atoms with Crippen LogP contribution >= 0.6 is 34.0 Å². The molecule has 118 valence electrons. The highest BCUT2D eigenvalue weighted by Gasteiger charge is 2.15. The third kappa shape index (κ3) is 4.01. The van der Waals surface area contributed by atoms with Crippen LogP contribution < -0.4 is 5.32 Å². The average Bonchev–Trinajstić information content (AvgIpc) is 3.25. The van der Waals surface area contributed by atoms with Gasteiger partial charge in [-0.05, 0) is 18.4 Å². The largest absolute Gasteiger partial charge is 0.451 e. The first-order chi connectivity index (χ1) is 11.1. The van der Waals surface area contributed by atoms with Crippen LogP contribution in [0.3, 0.4) is 0 Å². The molecule has 6 nitrogen and oxygen atoms in total. The summed E-state index contributed by atoms with van der Waals surface area (Å²) >= 11 is 4.23. The van der Waals surface area contributed by atoms with Gasteiger partial charge >= 0.3 is 5.97 Å². The smallest absolute Gasteiger partial charge is 0.358 e. The van der Waals surface area contributed by atoms with Crippen molar-refractivity contribution in [1.29, 1.82) is 0 Å². The molecule has 0 radical (unpaired) electrons. The predicted molar refractivity (Wildman–Crippen MR) is 91.2 cm³/mol. The number of esters is 1. The van der Waals surface area contributed by atoms with Crippen LogP contribution in [-0.4, -0.2) is 28.5 Å². The van der Waals surface area contributed by atoms with Gasteiger partial charge in [-0.2, -0.15) is 0 Å². The molecule has 0 atom stereocenters. The van der Waals surface area contributed by atoms with E-state index in [1.807, 2.05) is 29.8 Å². The zero-order valence-electron chi connectivity index (χ0n) is 11.9. The summed E-state index contributed by atoms with van der Waals surface area (Å²) in [5, 5.41) is 9.21. The number of thiophene rings is 1. The number of amides is 1. The fourth-order valence-electron chi connectivity index (χ4n) is 1.65. The molecule has 0 saturated carbocycles. The number of rotatable bonds is 5. The van der Waals surface area contributed by atoms with Crippen molar-refractivity contribution >= 4 is 51.0 Å². The number of hydrogen-bond donors (Lipinski definition) is 1. The second-order valence-electron chi connectivity index (χ2n) is 4.43. The molecule has 0 aliphatic carbocycles. The molecule has 0 spiro atoms. The lowest BCUT2D eigenvalue weighted by molar-refractivity contribution is -0.119. The summed E-state index contributed by atoms with van der Waals surface area (Å²) in [5.74, 6) is -1.05. The van der Waals surface area contributed by atoms with Crippen LogP contribution in [0.2, 0.25) is 0 Å². The molecule has 0 saturated heterocycles. The number of anilines is 1. The minimum Gasteiger partial charge on any atom is -0.451 e. The van der Waals surface area contributed by atoms with Crippen molar-refractivity contribution in [2.75, 3.05) is 11.9 Å². The van der Waals surface area contributed by atoms with Gasteiger partial charge in [0, 0.05) is 10.8 Å². The Morgan fingerprint density at radius 3 is 2.78 bits per heavy atom. The van der Waals surface area contributed by atoms with Gasteiger partial charge in [0.2, 0.25) is 0 Å². The number of aryl methyl sites for hydroxylation is 1. The van der Waals surface area contributed by atoms with E-state index in [2.05, 4.69) is 15.3 Å². The van der Waals surface area contributed by atoms with Gasteiger partial charge in [0.05, 0.1) is 10.6 Å². The molecule has 0 fully saturated rings. The highest BCUT2D eigenvalue weighted by molar-refractivity contribution is 7.20. The molecule has 3 aromatic rings. The van der Waals surface area contributed by atoms with Crippen LogP contribution in [0.4, 0.5) is 5.13 Å². The van der Waals surface area contributed by atoms with Crippen molar-refractivity contribution in [1.82, 2.24) is 9.97 Å². The summed E-state index contributed by atoms with van der Waals surface area (Å²) in [6.45, 7) is 1.46. The van der Waals surface area contributed by atoms with Crippen LogP contribution in [0.25, 0.3) is 9.88 Å². The minimum atomic E-state index is -0.616. The van der Waals surface area contributed by atoms with Gasteiger partial charge in [0.25, 0.3) is 5.91 Å². The minimum absolute atomic E-state index is 0.205. The fraction of sp³-hybridized carbons (Fsp3) is 0.143. The number of thiazole rings is 2. The van der Waals surface area contributed by atoms with E-state index in [9.17, 15) is 9.59 Å². The second kappa shape index (κ2) is 6.99. The zero-order chi connectivity index (χ0) is 16.2. The van der Waals surface area contributed by atoms with Gasteiger partial charge in [0.15, 0.2) is 17.4 Å². The number of hydrogen-bond acceptors (Lipinski definition) is 8. The molecule has 3 heterocycles. The summed E-state index contributed by atoms with van der Waals surface area (Å²) in [7, 11) is 0. The summed E-state index contributed by atoms with van der Waals surface area (Å²) in [5.41, 5.74) is 1.03. The molecular weight excluding hydrogens is 354 g/mol. The Bertz CT molecular complexity index is 823. The maximum absolute atomic E-state index is 11.9. The molecule has 0 bridgehead atoms. The summed E-state index contributed by atoms with van der Waals surface area (Å²) in [4.78, 5) is 33.0. The fourth-order valence-corrected chi connectivity index (χ4v) is 3.96. The molecule has 3 rings (SSSR count). The van der Waals surface area contributed by atoms with Crippen molar-refractivity contribution in [2.24, 2.45) is 0 Å². The normalized spacial score (nSPS) is 10.5. The van der Waals surface area contributed by atoms with Crippen molar-refractivity contribution in [3.63, 3.8) is 0 Å². The van der Waals surface area contributed by atoms with Crippen molar-refractivity contribution in [3.05, 3.63) is 39.7 Å². The Labute approximate surface area is 143 Å². The SMILES string of the molecule is Cc1csc(NC(=O)COC(=O)c2csc(-c3cccs3)n2)n1. The van der Waals surface area contributed by atoms with Gasteiger partial charge < -0.3 is 4.74 Å². The quantitative estimate of drug-likeness (QED) is 0.701. The van der Waals surface area contributed by atoms with E-state index < -0.39 is 11.9 Å². The van der Waals surface area contributed by atoms with E-state index >= 15 is 0 Å². The second-order valence-corrected chi connectivity index (χ2v) is 7.10. The number of carbonyl (C=O) groups is 2. The van der Waals surface area contributed by atoms with Gasteiger partial charge in [-0.1, -0.05) is 6.07 Å². The maximum atomic E-state index is 11.9. The Kier molecular flexibility index (Phi) is 4.79. The van der Waals surface area contributed by atoms with Crippen molar-refractivity contribution in [3.8, 4) is 9.88 Å². The number of aromatic nitrogens is 2. The monoisotopic (exact) mass is 365 g/mol. The lowest BCUT2D eigenvalue weighted by Gasteiger charge is -2.02. The van der Waals surface area contributed by atoms with E-state index in [0.717, 1.165) is 15.6 Å². The number of nitrogens with zero attached hydrogens (tertiary/aromatic N) is 2. The Morgan fingerprint density at radius 2 is 2.09 bits per heavy atom. The molecular formula is C14H11N3O3S3. The summed E-state index contributed by atoms with van der Waals surface area (Å²) in [6.07, 6.45) is 0. The van der Waals surface area contributed by atoms with Gasteiger partial charge in [-0.25, -0.2) is 14.8 Å². The van der Waals surface area contributed by atoms with E-state index in [0.29, 0.717) is 5.13 Å². The molecule has 3 aromatic heterocycles. The molecule has 0 aromatic carbocycles. The van der Waals surface area contributed by atoms with Crippen LogP contribution in [0.15, 0.2) is 28.3 Å².